The molecule has 0 bridgehead atoms. The van der Waals surface area contributed by atoms with Gasteiger partial charge in [0.25, 0.3) is 0 Å². The van der Waals surface area contributed by atoms with Gasteiger partial charge in [-0.1, -0.05) is 0 Å². The van der Waals surface area contributed by atoms with Crippen molar-refractivity contribution in [3.05, 3.63) is 0 Å². The fourth-order valence-corrected chi connectivity index (χ4v) is 0.266. The average molecular weight is 165 g/mol. The summed E-state index contributed by atoms with van der Waals surface area (Å²) in [5, 5.41) is 25.0. The second-order valence-corrected chi connectivity index (χ2v) is 1.64. The molecule has 0 heterocycles. The van der Waals surface area contributed by atoms with Crippen LogP contribution in [-0.2, 0) is 14.6 Å². The van der Waals surface area contributed by atoms with Crippen molar-refractivity contribution in [3.8, 4) is 0 Å². The summed E-state index contributed by atoms with van der Waals surface area (Å²) in [5.74, 6) is -0.456. The molecule has 0 aliphatic heterocycles. The van der Waals surface area contributed by atoms with Crippen molar-refractivity contribution in [3.63, 3.8) is 0 Å². The highest BCUT2D eigenvalue weighted by atomic mass is 16.5. The van der Waals surface area contributed by atoms with E-state index in [1.165, 1.54) is 6.92 Å². The van der Waals surface area contributed by atoms with Crippen molar-refractivity contribution >= 4 is 5.97 Å². The van der Waals surface area contributed by atoms with Gasteiger partial charge in [0.1, 0.15) is 12.7 Å². The highest BCUT2D eigenvalue weighted by Gasteiger charge is 2.02. The van der Waals surface area contributed by atoms with Gasteiger partial charge in [-0.3, -0.25) is 4.79 Å². The molecule has 0 aromatic rings. The molecular weight excluding hydrogens is 152 g/mol. The Balaban J connectivity index is 0. The van der Waals surface area contributed by atoms with Gasteiger partial charge in [-0.2, -0.15) is 0 Å². The van der Waals surface area contributed by atoms with Gasteiger partial charge < -0.3 is 14.9 Å². The smallest absolute Gasteiger partial charge is 0.302 e. The zero-order valence-corrected chi connectivity index (χ0v) is 6.61. The van der Waals surface area contributed by atoms with E-state index in [1.54, 1.807) is 0 Å². The Morgan fingerprint density at radius 3 is 2.27 bits per heavy atom. The quantitative estimate of drug-likeness (QED) is 0.522. The van der Waals surface area contributed by atoms with Gasteiger partial charge >= 0.3 is 5.97 Å². The van der Waals surface area contributed by atoms with Crippen LogP contribution in [0.3, 0.4) is 0 Å². The van der Waals surface area contributed by atoms with E-state index in [9.17, 15) is 4.79 Å². The van der Waals surface area contributed by atoms with E-state index < -0.39 is 12.1 Å². The Morgan fingerprint density at radius 1 is 1.55 bits per heavy atom. The van der Waals surface area contributed by atoms with E-state index in [-0.39, 0.29) is 13.2 Å². The average Bonchev–Trinajstić information content (AvgIpc) is 2.04. The van der Waals surface area contributed by atoms with Gasteiger partial charge in [-0.15, -0.1) is 0 Å². The molecule has 2 N–H and O–H groups in total. The number of ether oxygens (including phenoxy) is 1. The number of aliphatic hydroxyl groups excluding tert-OH is 2. The molecule has 1 radical (unpaired) electrons. The Kier molecular flexibility index (Phi) is 11.0. The van der Waals surface area contributed by atoms with Crippen molar-refractivity contribution < 1.29 is 24.9 Å². The lowest BCUT2D eigenvalue weighted by atomic mass is 10.4. The first-order valence-electron chi connectivity index (χ1n) is 3.00. The monoisotopic (exact) mass is 165 g/mol. The maximum atomic E-state index is 10.0. The van der Waals surface area contributed by atoms with E-state index >= 15 is 0 Å². The summed E-state index contributed by atoms with van der Waals surface area (Å²) < 4.78 is 4.35. The zero-order chi connectivity index (χ0) is 9.28. The van der Waals surface area contributed by atoms with Crippen LogP contribution in [0.2, 0.25) is 0 Å². The number of carbonyl (C=O) groups excluding carboxylic acids is 1. The summed E-state index contributed by atoms with van der Waals surface area (Å²) >= 11 is 0. The van der Waals surface area contributed by atoms with Crippen molar-refractivity contribution in [1.29, 1.82) is 0 Å². The van der Waals surface area contributed by atoms with Crippen molar-refractivity contribution in [2.24, 2.45) is 0 Å². The fourth-order valence-electron chi connectivity index (χ4n) is 0.266. The molecule has 0 fully saturated rings. The zero-order valence-electron chi connectivity index (χ0n) is 6.61. The van der Waals surface area contributed by atoms with E-state index in [0.717, 1.165) is 7.11 Å². The minimum absolute atomic E-state index is 0.133. The molecule has 0 aromatic carbocycles. The summed E-state index contributed by atoms with van der Waals surface area (Å²) in [4.78, 5) is 10.0. The van der Waals surface area contributed by atoms with Crippen molar-refractivity contribution in [1.82, 2.24) is 0 Å². The van der Waals surface area contributed by atoms with E-state index in [4.69, 9.17) is 15.3 Å². The normalized spacial score (nSPS) is 11.0. The van der Waals surface area contributed by atoms with Crippen LogP contribution < -0.4 is 0 Å². The largest absolute Gasteiger partial charge is 0.463 e. The van der Waals surface area contributed by atoms with Crippen molar-refractivity contribution in [2.75, 3.05) is 20.3 Å². The lowest BCUT2D eigenvalue weighted by Gasteiger charge is -2.05. The molecular formula is C6H13O5. The number of rotatable bonds is 3. The number of aliphatic hydroxyl groups is 2. The predicted octanol–water partition coefficient (Wildman–Crippen LogP) is -1.05. The molecule has 1 unspecified atom stereocenters. The van der Waals surface area contributed by atoms with Gasteiger partial charge in [0.05, 0.1) is 13.7 Å². The van der Waals surface area contributed by atoms with Gasteiger partial charge in [-0.25, -0.2) is 5.11 Å². The Hall–Kier alpha value is -0.650. The summed E-state index contributed by atoms with van der Waals surface area (Å²) in [7, 11) is 0.750. The first-order chi connectivity index (χ1) is 5.16. The highest BCUT2D eigenvalue weighted by molar-refractivity contribution is 5.65. The molecule has 5 heteroatoms. The molecule has 0 saturated carbocycles. The molecule has 0 aromatic heterocycles. The summed E-state index contributed by atoms with van der Waals surface area (Å²) in [5.41, 5.74) is 0. The number of hydrogen-bond donors (Lipinski definition) is 2. The van der Waals surface area contributed by atoms with Crippen LogP contribution in [0.15, 0.2) is 0 Å². The van der Waals surface area contributed by atoms with E-state index in [1.807, 2.05) is 0 Å². The third-order valence-corrected chi connectivity index (χ3v) is 0.690. The molecule has 67 valence electrons. The molecule has 11 heavy (non-hydrogen) atoms. The van der Waals surface area contributed by atoms with Crippen LogP contribution in [0.4, 0.5) is 0 Å². The van der Waals surface area contributed by atoms with Crippen LogP contribution in [0.25, 0.3) is 0 Å². The molecule has 0 saturated heterocycles. The summed E-state index contributed by atoms with van der Waals surface area (Å²) in [6, 6.07) is 0. The second-order valence-electron chi connectivity index (χ2n) is 1.64. The molecule has 0 aliphatic rings. The van der Waals surface area contributed by atoms with Crippen LogP contribution in [0.1, 0.15) is 6.92 Å². The third-order valence-electron chi connectivity index (χ3n) is 0.690. The molecule has 0 rings (SSSR count). The predicted molar refractivity (Wildman–Crippen MR) is 36.3 cm³/mol. The van der Waals surface area contributed by atoms with Gasteiger partial charge in [0.2, 0.25) is 0 Å². The fraction of sp³-hybridized carbons (Fsp3) is 0.833. The van der Waals surface area contributed by atoms with Crippen molar-refractivity contribution in [2.45, 2.75) is 13.0 Å². The summed E-state index contributed by atoms with van der Waals surface area (Å²) in [6.45, 7) is 0.725. The van der Waals surface area contributed by atoms with E-state index in [2.05, 4.69) is 4.74 Å². The second kappa shape index (κ2) is 9.35. The number of carbonyl (C=O) groups is 1. The highest BCUT2D eigenvalue weighted by Crippen LogP contribution is 1.82. The maximum Gasteiger partial charge on any atom is 0.302 e. The first-order valence-corrected chi connectivity index (χ1v) is 3.00. The Morgan fingerprint density at radius 2 is 2.00 bits per heavy atom. The first kappa shape index (κ1) is 13.0. The van der Waals surface area contributed by atoms with Crippen LogP contribution in [-0.4, -0.2) is 42.6 Å². The minimum Gasteiger partial charge on any atom is -0.463 e. The topological polar surface area (TPSA) is 86.7 Å². The van der Waals surface area contributed by atoms with Crippen LogP contribution >= 0.6 is 0 Å². The Labute approximate surface area is 65.2 Å². The van der Waals surface area contributed by atoms with E-state index in [0.29, 0.717) is 0 Å². The lowest BCUT2D eigenvalue weighted by molar-refractivity contribution is -0.144. The van der Waals surface area contributed by atoms with Gasteiger partial charge in [0.15, 0.2) is 0 Å². The maximum absolute atomic E-state index is 10.0. The summed E-state index contributed by atoms with van der Waals surface area (Å²) in [6.07, 6.45) is -0.950. The molecule has 1 atom stereocenters. The van der Waals surface area contributed by atoms with Gasteiger partial charge in [-0.05, 0) is 0 Å². The Bertz CT molecular complexity index is 93.0. The molecule has 0 amide bonds. The molecule has 0 spiro atoms. The SMILES string of the molecule is CC(=O)OCC(O)CO.C[O]. The third kappa shape index (κ3) is 12.5. The van der Waals surface area contributed by atoms with Gasteiger partial charge in [0, 0.05) is 6.92 Å². The minimum atomic E-state index is -0.950. The number of hydrogen-bond acceptors (Lipinski definition) is 4. The standard InChI is InChI=1S/C5H10O4.CH3O/c1-4(7)9-3-5(8)2-6;1-2/h5-6,8H,2-3H2,1H3;1H3. The molecule has 0 aliphatic carbocycles. The lowest BCUT2D eigenvalue weighted by Crippen LogP contribution is -2.20. The molecule has 5 nitrogen and oxygen atoms in total. The van der Waals surface area contributed by atoms with Crippen LogP contribution in [0, 0.1) is 0 Å². The van der Waals surface area contributed by atoms with Crippen LogP contribution in [0.5, 0.6) is 0 Å². The number of esters is 1.